The minimum Gasteiger partial charge on any atom is -0.311 e. The van der Waals surface area contributed by atoms with E-state index in [1.54, 1.807) is 12.1 Å². The van der Waals surface area contributed by atoms with E-state index in [2.05, 4.69) is 11.6 Å². The molecule has 112 valence electrons. The molecule has 2 aromatic rings. The van der Waals surface area contributed by atoms with E-state index in [4.69, 9.17) is 23.2 Å². The van der Waals surface area contributed by atoms with Gasteiger partial charge < -0.3 is 4.57 Å². The quantitative estimate of drug-likeness (QED) is 0.730. The van der Waals surface area contributed by atoms with Gasteiger partial charge in [0.15, 0.2) is 4.80 Å². The number of fused-ring (bicyclic) bond motifs is 1. The van der Waals surface area contributed by atoms with Crippen molar-refractivity contribution in [3.63, 3.8) is 0 Å². The molecule has 0 fully saturated rings. The van der Waals surface area contributed by atoms with Crippen LogP contribution in [0, 0.1) is 5.41 Å². The number of hydrogen-bond donors (Lipinski definition) is 0. The van der Waals surface area contributed by atoms with E-state index in [0.717, 1.165) is 10.2 Å². The SMILES string of the molecule is C=CCn1c(=NC(=O)C(C)(C)C)sc2cc(Cl)cc(Cl)c21. The van der Waals surface area contributed by atoms with Crippen LogP contribution in [-0.2, 0) is 11.3 Å². The van der Waals surface area contributed by atoms with Crippen LogP contribution in [0.5, 0.6) is 0 Å². The number of benzene rings is 1. The van der Waals surface area contributed by atoms with Crippen LogP contribution in [0.1, 0.15) is 20.8 Å². The first kappa shape index (κ1) is 16.3. The van der Waals surface area contributed by atoms with Crippen LogP contribution in [0.4, 0.5) is 0 Å². The predicted molar refractivity (Wildman–Crippen MR) is 90.1 cm³/mol. The number of carbonyl (C=O) groups excluding carboxylic acids is 1. The van der Waals surface area contributed by atoms with Gasteiger partial charge >= 0.3 is 0 Å². The number of nitrogens with zero attached hydrogens (tertiary/aromatic N) is 2. The Morgan fingerprint density at radius 3 is 2.67 bits per heavy atom. The lowest BCUT2D eigenvalue weighted by Gasteiger charge is -2.11. The van der Waals surface area contributed by atoms with Crippen LogP contribution in [0.25, 0.3) is 10.2 Å². The molecule has 1 heterocycles. The first-order valence-corrected chi connectivity index (χ1v) is 7.99. The molecular weight excluding hydrogens is 327 g/mol. The molecule has 1 aromatic carbocycles. The van der Waals surface area contributed by atoms with Crippen molar-refractivity contribution < 1.29 is 4.79 Å². The fourth-order valence-electron chi connectivity index (χ4n) is 1.77. The molecule has 0 aliphatic carbocycles. The second-order valence-electron chi connectivity index (χ2n) is 5.69. The zero-order valence-electron chi connectivity index (χ0n) is 12.1. The molecule has 0 saturated heterocycles. The number of allylic oxidation sites excluding steroid dienone is 1. The van der Waals surface area contributed by atoms with Crippen molar-refractivity contribution in [3.05, 3.63) is 39.6 Å². The van der Waals surface area contributed by atoms with Crippen LogP contribution in [0.2, 0.25) is 10.0 Å². The summed E-state index contributed by atoms with van der Waals surface area (Å²) in [6.45, 7) is 9.80. The van der Waals surface area contributed by atoms with Gasteiger partial charge in [0.1, 0.15) is 0 Å². The fraction of sp³-hybridized carbons (Fsp3) is 0.333. The third kappa shape index (κ3) is 3.39. The summed E-state index contributed by atoms with van der Waals surface area (Å²) < 4.78 is 2.78. The Morgan fingerprint density at radius 1 is 1.43 bits per heavy atom. The van der Waals surface area contributed by atoms with Crippen molar-refractivity contribution in [2.75, 3.05) is 0 Å². The van der Waals surface area contributed by atoms with Crippen molar-refractivity contribution in [2.24, 2.45) is 10.4 Å². The van der Waals surface area contributed by atoms with Gasteiger partial charge in [0.25, 0.3) is 5.91 Å². The lowest BCUT2D eigenvalue weighted by atomic mass is 9.96. The maximum Gasteiger partial charge on any atom is 0.253 e. The Bertz CT molecular complexity index is 781. The average Bonchev–Trinajstić information content (AvgIpc) is 2.66. The molecule has 0 aliphatic rings. The van der Waals surface area contributed by atoms with E-state index < -0.39 is 5.41 Å². The van der Waals surface area contributed by atoms with E-state index in [9.17, 15) is 4.79 Å². The first-order chi connectivity index (χ1) is 9.74. The highest BCUT2D eigenvalue weighted by Gasteiger charge is 2.21. The van der Waals surface area contributed by atoms with Crippen LogP contribution in [-0.4, -0.2) is 10.5 Å². The second-order valence-corrected chi connectivity index (χ2v) is 7.54. The predicted octanol–water partition coefficient (Wildman–Crippen LogP) is 4.67. The molecule has 0 atom stereocenters. The highest BCUT2D eigenvalue weighted by Crippen LogP contribution is 2.29. The first-order valence-electron chi connectivity index (χ1n) is 6.42. The molecule has 0 spiro atoms. The number of rotatable bonds is 2. The largest absolute Gasteiger partial charge is 0.311 e. The van der Waals surface area contributed by atoms with Crippen molar-refractivity contribution in [1.82, 2.24) is 4.57 Å². The lowest BCUT2D eigenvalue weighted by Crippen LogP contribution is -2.23. The minimum absolute atomic E-state index is 0.172. The van der Waals surface area contributed by atoms with E-state index in [-0.39, 0.29) is 5.91 Å². The molecule has 0 unspecified atom stereocenters. The molecule has 0 radical (unpaired) electrons. The molecular formula is C15H16Cl2N2OS. The summed E-state index contributed by atoms with van der Waals surface area (Å²) in [7, 11) is 0. The second kappa shape index (κ2) is 5.95. The smallest absolute Gasteiger partial charge is 0.253 e. The Kier molecular flexibility index (Phi) is 4.61. The highest BCUT2D eigenvalue weighted by molar-refractivity contribution is 7.16. The number of halogens is 2. The van der Waals surface area contributed by atoms with Gasteiger partial charge in [-0.05, 0) is 12.1 Å². The average molecular weight is 343 g/mol. The fourth-order valence-corrected chi connectivity index (χ4v) is 3.59. The van der Waals surface area contributed by atoms with Crippen molar-refractivity contribution in [1.29, 1.82) is 0 Å². The maximum atomic E-state index is 12.2. The number of hydrogen-bond acceptors (Lipinski definition) is 2. The topological polar surface area (TPSA) is 34.4 Å². The molecule has 1 aromatic heterocycles. The third-order valence-corrected chi connectivity index (χ3v) is 4.38. The van der Waals surface area contributed by atoms with Gasteiger partial charge in [-0.2, -0.15) is 4.99 Å². The van der Waals surface area contributed by atoms with E-state index in [1.807, 2.05) is 31.4 Å². The van der Waals surface area contributed by atoms with Gasteiger partial charge in [0.05, 0.1) is 15.2 Å². The molecule has 0 bridgehead atoms. The maximum absolute atomic E-state index is 12.2. The van der Waals surface area contributed by atoms with Gasteiger partial charge in [0.2, 0.25) is 0 Å². The zero-order valence-corrected chi connectivity index (χ0v) is 14.4. The molecule has 0 aliphatic heterocycles. The molecule has 21 heavy (non-hydrogen) atoms. The normalized spacial score (nSPS) is 12.9. The Labute approximate surface area is 137 Å². The number of amides is 1. The summed E-state index contributed by atoms with van der Waals surface area (Å²) in [5, 5.41) is 1.11. The Balaban J connectivity index is 2.77. The van der Waals surface area contributed by atoms with Crippen molar-refractivity contribution in [2.45, 2.75) is 27.3 Å². The third-order valence-electron chi connectivity index (χ3n) is 2.85. The van der Waals surface area contributed by atoms with Crippen LogP contribution in [0.15, 0.2) is 29.8 Å². The molecule has 0 N–H and O–H groups in total. The monoisotopic (exact) mass is 342 g/mol. The van der Waals surface area contributed by atoms with Gasteiger partial charge in [-0.3, -0.25) is 4.79 Å². The Morgan fingerprint density at radius 2 is 2.10 bits per heavy atom. The summed E-state index contributed by atoms with van der Waals surface area (Å²) in [5.74, 6) is -0.172. The van der Waals surface area contributed by atoms with E-state index >= 15 is 0 Å². The summed E-state index contributed by atoms with van der Waals surface area (Å²) in [4.78, 5) is 17.0. The van der Waals surface area contributed by atoms with Gasteiger partial charge in [-0.1, -0.05) is 61.4 Å². The Hall–Kier alpha value is -1.10. The van der Waals surface area contributed by atoms with Crippen LogP contribution in [0.3, 0.4) is 0 Å². The summed E-state index contributed by atoms with van der Waals surface area (Å²) in [5.41, 5.74) is 0.301. The zero-order chi connectivity index (χ0) is 15.8. The van der Waals surface area contributed by atoms with Gasteiger partial charge in [-0.15, -0.1) is 6.58 Å². The van der Waals surface area contributed by atoms with Crippen LogP contribution >= 0.6 is 34.5 Å². The molecule has 1 amide bonds. The standard InChI is InChI=1S/C15H16Cl2N2OS/c1-5-6-19-12-10(17)7-9(16)8-11(12)21-14(19)18-13(20)15(2,3)4/h5,7-8H,1,6H2,2-4H3. The van der Waals surface area contributed by atoms with Crippen molar-refractivity contribution in [3.8, 4) is 0 Å². The van der Waals surface area contributed by atoms with Gasteiger partial charge in [-0.25, -0.2) is 0 Å². The number of aromatic nitrogens is 1. The lowest BCUT2D eigenvalue weighted by molar-refractivity contribution is -0.125. The summed E-state index contributed by atoms with van der Waals surface area (Å²) in [6.07, 6.45) is 1.75. The van der Waals surface area contributed by atoms with Gasteiger partial charge in [0, 0.05) is 17.0 Å². The molecule has 6 heteroatoms. The highest BCUT2D eigenvalue weighted by atomic mass is 35.5. The molecule has 2 rings (SSSR count). The summed E-state index contributed by atoms with van der Waals surface area (Å²) in [6, 6.07) is 3.51. The molecule has 3 nitrogen and oxygen atoms in total. The van der Waals surface area contributed by atoms with E-state index in [1.165, 1.54) is 11.3 Å². The number of thiazole rings is 1. The summed E-state index contributed by atoms with van der Waals surface area (Å²) >= 11 is 13.7. The van der Waals surface area contributed by atoms with Crippen LogP contribution < -0.4 is 4.80 Å². The van der Waals surface area contributed by atoms with Crippen molar-refractivity contribution >= 4 is 50.7 Å². The number of carbonyl (C=O) groups is 1. The van der Waals surface area contributed by atoms with E-state index in [0.29, 0.717) is 21.4 Å². The molecule has 0 saturated carbocycles. The minimum atomic E-state index is -0.524.